The van der Waals surface area contributed by atoms with Crippen molar-refractivity contribution < 1.29 is 0 Å². The van der Waals surface area contributed by atoms with E-state index in [-0.39, 0.29) is 0 Å². The number of likely N-dealkylation sites (N-methyl/N-ethyl adjacent to an activating group) is 1. The molecule has 1 aromatic rings. The highest BCUT2D eigenvalue weighted by Crippen LogP contribution is 2.19. The lowest BCUT2D eigenvalue weighted by Gasteiger charge is -2.37. The minimum Gasteiger partial charge on any atom is -0.310 e. The van der Waals surface area contributed by atoms with E-state index in [4.69, 9.17) is 0 Å². The predicted octanol–water partition coefficient (Wildman–Crippen LogP) is 2.07. The maximum atomic E-state index is 3.57. The lowest BCUT2D eigenvalue weighted by Crippen LogP contribution is -2.49. The number of piperazine rings is 1. The fraction of sp³-hybridized carbons (Fsp3) is 0.647. The van der Waals surface area contributed by atoms with Crippen LogP contribution in [0.1, 0.15) is 30.9 Å². The van der Waals surface area contributed by atoms with Gasteiger partial charge in [-0.2, -0.15) is 0 Å². The van der Waals surface area contributed by atoms with Crippen molar-refractivity contribution in [3.05, 3.63) is 35.4 Å². The summed E-state index contributed by atoms with van der Waals surface area (Å²) in [6.07, 6.45) is 2.72. The van der Waals surface area contributed by atoms with Crippen LogP contribution in [-0.2, 0) is 13.1 Å². The van der Waals surface area contributed by atoms with Crippen LogP contribution in [0, 0.1) is 0 Å². The number of rotatable bonds is 5. The van der Waals surface area contributed by atoms with Gasteiger partial charge >= 0.3 is 0 Å². The molecule has 0 spiro atoms. The Morgan fingerprint density at radius 1 is 1.10 bits per heavy atom. The van der Waals surface area contributed by atoms with Gasteiger partial charge in [0.15, 0.2) is 0 Å². The first-order chi connectivity index (χ1) is 9.70. The summed E-state index contributed by atoms with van der Waals surface area (Å²) in [7, 11) is 2.23. The Morgan fingerprint density at radius 2 is 1.80 bits per heavy atom. The zero-order valence-corrected chi connectivity index (χ0v) is 12.8. The van der Waals surface area contributed by atoms with E-state index in [1.807, 2.05) is 0 Å². The molecule has 1 aliphatic heterocycles. The van der Waals surface area contributed by atoms with Gasteiger partial charge in [-0.25, -0.2) is 0 Å². The first kappa shape index (κ1) is 14.1. The number of nitrogens with one attached hydrogen (secondary N) is 1. The molecular weight excluding hydrogens is 246 g/mol. The van der Waals surface area contributed by atoms with Gasteiger partial charge in [-0.05, 0) is 37.9 Å². The average Bonchev–Trinajstić information content (AvgIpc) is 3.26. The number of nitrogens with zero attached hydrogens (tertiary/aromatic N) is 2. The third-order valence-corrected chi connectivity index (χ3v) is 4.65. The highest BCUT2D eigenvalue weighted by molar-refractivity contribution is 5.22. The van der Waals surface area contributed by atoms with Crippen LogP contribution < -0.4 is 5.32 Å². The second-order valence-corrected chi connectivity index (χ2v) is 6.54. The molecule has 3 nitrogen and oxygen atoms in total. The summed E-state index contributed by atoms with van der Waals surface area (Å²) in [5.41, 5.74) is 2.85. The Morgan fingerprint density at radius 3 is 2.45 bits per heavy atom. The van der Waals surface area contributed by atoms with Crippen molar-refractivity contribution in [2.75, 3.05) is 26.7 Å². The van der Waals surface area contributed by atoms with Gasteiger partial charge in [-0.3, -0.25) is 4.90 Å². The number of benzene rings is 1. The lowest BCUT2D eigenvalue weighted by atomic mass is 10.1. The van der Waals surface area contributed by atoms with E-state index in [1.165, 1.54) is 43.6 Å². The van der Waals surface area contributed by atoms with Crippen molar-refractivity contribution in [2.45, 2.75) is 44.9 Å². The molecule has 1 heterocycles. The van der Waals surface area contributed by atoms with Crippen molar-refractivity contribution in [3.8, 4) is 0 Å². The van der Waals surface area contributed by atoms with Crippen LogP contribution in [0.15, 0.2) is 24.3 Å². The summed E-state index contributed by atoms with van der Waals surface area (Å²) in [6, 6.07) is 10.6. The summed E-state index contributed by atoms with van der Waals surface area (Å²) in [5.74, 6) is 0. The standard InChI is InChI=1S/C17H27N3/c1-14-12-20(10-9-19(14)2)13-16-5-3-15(4-6-16)11-18-17-7-8-17/h3-6,14,17-18H,7-13H2,1-2H3. The topological polar surface area (TPSA) is 18.5 Å². The first-order valence-corrected chi connectivity index (χ1v) is 7.94. The Bertz CT molecular complexity index is 424. The average molecular weight is 273 g/mol. The Balaban J connectivity index is 1.49. The first-order valence-electron chi connectivity index (χ1n) is 7.94. The number of hydrogen-bond acceptors (Lipinski definition) is 3. The van der Waals surface area contributed by atoms with Gasteiger partial charge in [0.1, 0.15) is 0 Å². The minimum absolute atomic E-state index is 0.672. The van der Waals surface area contributed by atoms with Crippen LogP contribution in [-0.4, -0.2) is 48.6 Å². The molecule has 0 radical (unpaired) electrons. The van der Waals surface area contributed by atoms with Crippen molar-refractivity contribution in [1.29, 1.82) is 0 Å². The molecule has 3 rings (SSSR count). The van der Waals surface area contributed by atoms with Crippen molar-refractivity contribution >= 4 is 0 Å². The van der Waals surface area contributed by atoms with Crippen LogP contribution in [0.25, 0.3) is 0 Å². The molecule has 1 aromatic carbocycles. The van der Waals surface area contributed by atoms with Gasteiger partial charge in [0.05, 0.1) is 0 Å². The SMILES string of the molecule is CC1CN(Cc2ccc(CNC3CC3)cc2)CCN1C. The van der Waals surface area contributed by atoms with Crippen molar-refractivity contribution in [2.24, 2.45) is 0 Å². The van der Waals surface area contributed by atoms with E-state index in [0.29, 0.717) is 6.04 Å². The molecule has 2 fully saturated rings. The van der Waals surface area contributed by atoms with E-state index in [9.17, 15) is 0 Å². The molecule has 1 aliphatic carbocycles. The molecule has 110 valence electrons. The Labute approximate surface area is 123 Å². The highest BCUT2D eigenvalue weighted by atomic mass is 15.3. The molecule has 0 aromatic heterocycles. The van der Waals surface area contributed by atoms with Crippen molar-refractivity contribution in [3.63, 3.8) is 0 Å². The molecule has 2 aliphatic rings. The maximum absolute atomic E-state index is 3.57. The maximum Gasteiger partial charge on any atom is 0.0234 e. The quantitative estimate of drug-likeness (QED) is 0.886. The molecule has 0 bridgehead atoms. The van der Waals surface area contributed by atoms with Crippen LogP contribution in [0.5, 0.6) is 0 Å². The van der Waals surface area contributed by atoms with Crippen molar-refractivity contribution in [1.82, 2.24) is 15.1 Å². The molecular formula is C17H27N3. The van der Waals surface area contributed by atoms with E-state index in [1.54, 1.807) is 0 Å². The molecule has 1 N–H and O–H groups in total. The Kier molecular flexibility index (Phi) is 4.39. The molecule has 1 unspecified atom stereocenters. The molecule has 0 amide bonds. The van der Waals surface area contributed by atoms with E-state index in [0.717, 1.165) is 19.1 Å². The Hall–Kier alpha value is -0.900. The second-order valence-electron chi connectivity index (χ2n) is 6.54. The molecule has 1 saturated carbocycles. The van der Waals surface area contributed by atoms with Crippen LogP contribution in [0.2, 0.25) is 0 Å². The monoisotopic (exact) mass is 273 g/mol. The zero-order chi connectivity index (χ0) is 13.9. The van der Waals surface area contributed by atoms with Gasteiger partial charge in [0.2, 0.25) is 0 Å². The van der Waals surface area contributed by atoms with E-state index < -0.39 is 0 Å². The molecule has 1 saturated heterocycles. The van der Waals surface area contributed by atoms with Gasteiger partial charge in [-0.1, -0.05) is 24.3 Å². The fourth-order valence-corrected chi connectivity index (χ4v) is 2.84. The summed E-state index contributed by atoms with van der Waals surface area (Å²) < 4.78 is 0. The van der Waals surface area contributed by atoms with Gasteiger partial charge in [0.25, 0.3) is 0 Å². The van der Waals surface area contributed by atoms with Gasteiger partial charge < -0.3 is 10.2 Å². The smallest absolute Gasteiger partial charge is 0.0234 e. The molecule has 1 atom stereocenters. The van der Waals surface area contributed by atoms with E-state index in [2.05, 4.69) is 53.4 Å². The van der Waals surface area contributed by atoms with E-state index >= 15 is 0 Å². The van der Waals surface area contributed by atoms with Gasteiger partial charge in [-0.15, -0.1) is 0 Å². The zero-order valence-electron chi connectivity index (χ0n) is 12.8. The molecule has 20 heavy (non-hydrogen) atoms. The minimum atomic E-state index is 0.672. The summed E-state index contributed by atoms with van der Waals surface area (Å²) >= 11 is 0. The summed E-state index contributed by atoms with van der Waals surface area (Å²) in [4.78, 5) is 5.02. The fourth-order valence-electron chi connectivity index (χ4n) is 2.84. The predicted molar refractivity (Wildman–Crippen MR) is 83.7 cm³/mol. The largest absolute Gasteiger partial charge is 0.310 e. The summed E-state index contributed by atoms with van der Waals surface area (Å²) in [6.45, 7) is 7.99. The third-order valence-electron chi connectivity index (χ3n) is 4.65. The number of hydrogen-bond donors (Lipinski definition) is 1. The second kappa shape index (κ2) is 6.25. The summed E-state index contributed by atoms with van der Waals surface area (Å²) in [5, 5.41) is 3.57. The third kappa shape index (κ3) is 3.81. The highest BCUT2D eigenvalue weighted by Gasteiger charge is 2.21. The lowest BCUT2D eigenvalue weighted by molar-refractivity contribution is 0.1000. The normalized spacial score (nSPS) is 25.0. The van der Waals surface area contributed by atoms with Gasteiger partial charge in [0, 0.05) is 44.8 Å². The van der Waals surface area contributed by atoms with Crippen LogP contribution in [0.3, 0.4) is 0 Å². The molecule has 3 heteroatoms. The van der Waals surface area contributed by atoms with Crippen LogP contribution >= 0.6 is 0 Å². The van der Waals surface area contributed by atoms with Crippen LogP contribution in [0.4, 0.5) is 0 Å².